The van der Waals surface area contributed by atoms with Crippen molar-refractivity contribution in [2.24, 2.45) is 10.8 Å². The molecule has 0 spiro atoms. The monoisotopic (exact) mass is 874 g/mol. The van der Waals surface area contributed by atoms with E-state index in [0.29, 0.717) is 19.5 Å². The second kappa shape index (κ2) is 20.3. The zero-order valence-electron chi connectivity index (χ0n) is 36.7. The Kier molecular flexibility index (Phi) is 14.9. The van der Waals surface area contributed by atoms with E-state index in [1.54, 1.807) is 49.2 Å². The summed E-state index contributed by atoms with van der Waals surface area (Å²) >= 11 is 1.48. The highest BCUT2D eigenvalue weighted by Gasteiger charge is 2.44. The highest BCUT2D eigenvalue weighted by molar-refractivity contribution is 7.13. The Bertz CT molecular complexity index is 2300. The highest BCUT2D eigenvalue weighted by atomic mass is 32.1. The van der Waals surface area contributed by atoms with Crippen molar-refractivity contribution in [2.45, 2.75) is 97.6 Å². The van der Waals surface area contributed by atoms with Gasteiger partial charge in [-0.25, -0.2) is 14.6 Å². The zero-order chi connectivity index (χ0) is 45.3. The van der Waals surface area contributed by atoms with Gasteiger partial charge in [-0.15, -0.1) is 11.3 Å². The van der Waals surface area contributed by atoms with Crippen LogP contribution in [0.3, 0.4) is 0 Å². The predicted octanol–water partition coefficient (Wildman–Crippen LogP) is 6.81. The number of nitrogens with zero attached hydrogens (tertiary/aromatic N) is 5. The maximum Gasteiger partial charge on any atom is 0.405 e. The normalized spacial score (nSPS) is 15.6. The van der Waals surface area contributed by atoms with Gasteiger partial charge in [0.15, 0.2) is 0 Å². The van der Waals surface area contributed by atoms with Gasteiger partial charge in [-0.1, -0.05) is 102 Å². The summed E-state index contributed by atoms with van der Waals surface area (Å²) in [5.74, 6) is -0.943. The molecule has 4 heterocycles. The Labute approximate surface area is 373 Å². The molecule has 5 atom stereocenters. The van der Waals surface area contributed by atoms with Crippen LogP contribution in [-0.4, -0.2) is 102 Å². The summed E-state index contributed by atoms with van der Waals surface area (Å²) in [7, 11) is 0. The van der Waals surface area contributed by atoms with Crippen LogP contribution in [0.1, 0.15) is 64.8 Å². The fourth-order valence-corrected chi connectivity index (χ4v) is 8.76. The summed E-state index contributed by atoms with van der Waals surface area (Å²) < 4.78 is 0. The number of aliphatic hydroxyl groups is 1. The van der Waals surface area contributed by atoms with Crippen molar-refractivity contribution in [3.63, 3.8) is 0 Å². The van der Waals surface area contributed by atoms with Crippen molar-refractivity contribution in [1.29, 1.82) is 0 Å². The van der Waals surface area contributed by atoms with E-state index in [1.165, 1.54) is 11.3 Å². The lowest BCUT2D eigenvalue weighted by molar-refractivity contribution is -0.131. The van der Waals surface area contributed by atoms with Gasteiger partial charge in [0.2, 0.25) is 11.8 Å². The maximum atomic E-state index is 14.7. The second-order valence-corrected chi connectivity index (χ2v) is 19.1. The van der Waals surface area contributed by atoms with Crippen molar-refractivity contribution in [3.05, 3.63) is 126 Å². The molecule has 1 aliphatic heterocycles. The number of aromatic nitrogens is 3. The number of hydrogen-bond donors (Lipinski definition) is 5. The molecule has 0 aliphatic carbocycles. The summed E-state index contributed by atoms with van der Waals surface area (Å²) in [4.78, 5) is 71.2. The van der Waals surface area contributed by atoms with Gasteiger partial charge in [-0.2, -0.15) is 0 Å². The summed E-state index contributed by atoms with van der Waals surface area (Å²) in [5, 5.41) is 33.2. The predicted molar refractivity (Wildman–Crippen MR) is 244 cm³/mol. The molecular weight excluding hydrogens is 817 g/mol. The molecule has 2 aromatic carbocycles. The number of carboxylic acid groups (broad SMARTS) is 1. The number of pyridine rings is 2. The van der Waals surface area contributed by atoms with E-state index >= 15 is 0 Å². The smallest absolute Gasteiger partial charge is 0.405 e. The molecule has 0 bridgehead atoms. The third-order valence-electron chi connectivity index (χ3n) is 11.1. The molecule has 332 valence electrons. The molecule has 1 fully saturated rings. The van der Waals surface area contributed by atoms with Crippen molar-refractivity contribution in [2.75, 3.05) is 13.1 Å². The third kappa shape index (κ3) is 12.5. The molecule has 5 aromatic rings. The van der Waals surface area contributed by atoms with E-state index in [9.17, 15) is 29.4 Å². The Morgan fingerprint density at radius 3 is 2.13 bits per heavy atom. The van der Waals surface area contributed by atoms with E-state index in [0.717, 1.165) is 38.6 Å². The molecule has 6 rings (SSSR count). The van der Waals surface area contributed by atoms with Crippen molar-refractivity contribution >= 4 is 35.3 Å². The first-order chi connectivity index (χ1) is 30.0. The van der Waals surface area contributed by atoms with Crippen LogP contribution in [-0.2, 0) is 29.0 Å². The quantitative estimate of drug-likeness (QED) is 0.0669. The van der Waals surface area contributed by atoms with Crippen LogP contribution >= 0.6 is 11.3 Å². The molecule has 15 heteroatoms. The van der Waals surface area contributed by atoms with Gasteiger partial charge in [0.1, 0.15) is 17.1 Å². The molecule has 5 N–H and O–H groups in total. The summed E-state index contributed by atoms with van der Waals surface area (Å²) in [5.41, 5.74) is 3.64. The lowest BCUT2D eigenvalue weighted by Gasteiger charge is -2.38. The minimum atomic E-state index is -1.33. The summed E-state index contributed by atoms with van der Waals surface area (Å²) in [6.45, 7) is 12.1. The van der Waals surface area contributed by atoms with E-state index in [2.05, 4.69) is 25.9 Å². The number of aliphatic hydroxyl groups excluding tert-OH is 1. The molecule has 63 heavy (non-hydrogen) atoms. The molecule has 5 amide bonds. The van der Waals surface area contributed by atoms with Crippen LogP contribution in [0.5, 0.6) is 0 Å². The van der Waals surface area contributed by atoms with Crippen LogP contribution < -0.4 is 16.0 Å². The number of urea groups is 1. The molecule has 0 saturated carbocycles. The van der Waals surface area contributed by atoms with Gasteiger partial charge in [-0.3, -0.25) is 19.6 Å². The van der Waals surface area contributed by atoms with Crippen molar-refractivity contribution < 1.29 is 29.4 Å². The van der Waals surface area contributed by atoms with E-state index in [4.69, 9.17) is 4.98 Å². The minimum absolute atomic E-state index is 0.0146. The van der Waals surface area contributed by atoms with Gasteiger partial charge >= 0.3 is 12.1 Å². The summed E-state index contributed by atoms with van der Waals surface area (Å²) in [6, 6.07) is 23.0. The largest absolute Gasteiger partial charge is 0.465 e. The number of thiazole rings is 1. The van der Waals surface area contributed by atoms with Gasteiger partial charge < -0.3 is 36.0 Å². The van der Waals surface area contributed by atoms with Crippen molar-refractivity contribution in [3.8, 4) is 21.8 Å². The molecule has 1 aliphatic rings. The number of amides is 5. The first-order valence-corrected chi connectivity index (χ1v) is 22.1. The Hall–Kier alpha value is -6.19. The SMILES string of the molecule is CC(C)(C)[C@H](NC(=O)O)C(=O)N[C@H](Cc1ccc(-c2ccccn2)cc1)C[C@H](O)[C@H](Cc1ccccc1)NC(=O)[C@@H](N1CCN(Cc2csc(-c3cccnc3)n2)C1=O)C(C)(C)C. The number of benzene rings is 2. The molecule has 3 aromatic heterocycles. The average Bonchev–Trinajstić information content (AvgIpc) is 3.86. The lowest BCUT2D eigenvalue weighted by atomic mass is 9.84. The summed E-state index contributed by atoms with van der Waals surface area (Å²) in [6.07, 6.45) is 3.24. The van der Waals surface area contributed by atoms with Gasteiger partial charge in [0, 0.05) is 54.2 Å². The number of rotatable bonds is 17. The number of hydrogen-bond acceptors (Lipinski definition) is 9. The number of carbonyl (C=O) groups is 4. The van der Waals surface area contributed by atoms with Crippen LogP contribution in [0.15, 0.2) is 109 Å². The molecule has 14 nitrogen and oxygen atoms in total. The number of carbonyl (C=O) groups excluding carboxylic acids is 3. The van der Waals surface area contributed by atoms with Crippen LogP contribution in [0, 0.1) is 10.8 Å². The minimum Gasteiger partial charge on any atom is -0.465 e. The molecular formula is C48H58N8O6S. The van der Waals surface area contributed by atoms with E-state index < -0.39 is 59.0 Å². The van der Waals surface area contributed by atoms with Crippen molar-refractivity contribution in [1.82, 2.24) is 40.7 Å². The van der Waals surface area contributed by atoms with Crippen LogP contribution in [0.2, 0.25) is 0 Å². The lowest BCUT2D eigenvalue weighted by Crippen LogP contribution is -2.59. The van der Waals surface area contributed by atoms with E-state index in [-0.39, 0.29) is 25.4 Å². The second-order valence-electron chi connectivity index (χ2n) is 18.2. The fourth-order valence-electron chi connectivity index (χ4n) is 7.96. The van der Waals surface area contributed by atoms with Gasteiger partial charge in [-0.05, 0) is 65.5 Å². The third-order valence-corrected chi connectivity index (χ3v) is 12.0. The highest BCUT2D eigenvalue weighted by Crippen LogP contribution is 2.30. The topological polar surface area (TPSA) is 190 Å². The first-order valence-electron chi connectivity index (χ1n) is 21.2. The first kappa shape index (κ1) is 46.3. The number of nitrogens with one attached hydrogen (secondary N) is 3. The van der Waals surface area contributed by atoms with Gasteiger partial charge in [0.25, 0.3) is 0 Å². The molecule has 0 radical (unpaired) electrons. The van der Waals surface area contributed by atoms with Crippen LogP contribution in [0.25, 0.3) is 21.8 Å². The van der Waals surface area contributed by atoms with Gasteiger partial charge in [0.05, 0.1) is 30.1 Å². The molecule has 0 unspecified atom stereocenters. The zero-order valence-corrected chi connectivity index (χ0v) is 37.5. The Morgan fingerprint density at radius 1 is 0.778 bits per heavy atom. The Balaban J connectivity index is 1.23. The van der Waals surface area contributed by atoms with Crippen LogP contribution in [0.4, 0.5) is 9.59 Å². The van der Waals surface area contributed by atoms with E-state index in [1.807, 2.05) is 111 Å². The fraction of sp³-hybridized carbons (Fsp3) is 0.396. The standard InChI is InChI=1S/C48H58N8O6S/c1-47(2,3)40(54-45(60)61)42(58)51-35(25-32-17-19-33(20-18-32)37-16-10-11-22-50-37)27-39(57)38(26-31-13-8-7-9-14-31)53-43(59)41(48(4,5)6)56-24-23-55(46(56)62)29-36-30-63-44(52-36)34-15-12-21-49-28-34/h7-22,28,30,35,38-41,54,57H,23-27,29H2,1-6H3,(H,51,58)(H,53,59)(H,60,61)/t35-,38+,39+,40-,41-/m1/s1. The maximum absolute atomic E-state index is 14.7. The Morgan fingerprint density at radius 2 is 1.49 bits per heavy atom. The average molecular weight is 875 g/mol. The molecule has 1 saturated heterocycles.